The first kappa shape index (κ1) is 13.4. The lowest BCUT2D eigenvalue weighted by Gasteiger charge is -2.36. The second-order valence-electron chi connectivity index (χ2n) is 4.08. The average Bonchev–Trinajstić information content (AvgIpc) is 2.29. The molecule has 0 aromatic carbocycles. The number of carboxylic acids is 1. The van der Waals surface area contributed by atoms with Crippen molar-refractivity contribution in [3.05, 3.63) is 0 Å². The molecule has 0 aromatic rings. The number of carbonyl (C=O) groups is 1. The number of hydrogen-bond donors (Lipinski definition) is 2. The second-order valence-corrected chi connectivity index (χ2v) is 4.08. The van der Waals surface area contributed by atoms with Crippen LogP contribution in [0.15, 0.2) is 0 Å². The number of hydrogen-bond acceptors (Lipinski definition) is 4. The SMILES string of the molecule is CCNC(CN1CCOCC1CC)C(=O)O. The molecule has 5 nitrogen and oxygen atoms in total. The molecule has 0 saturated carbocycles. The van der Waals surface area contributed by atoms with Crippen molar-refractivity contribution in [1.82, 2.24) is 10.2 Å². The number of morpholine rings is 1. The van der Waals surface area contributed by atoms with Gasteiger partial charge in [-0.3, -0.25) is 9.69 Å². The van der Waals surface area contributed by atoms with Crippen LogP contribution in [0.2, 0.25) is 0 Å². The molecule has 1 saturated heterocycles. The summed E-state index contributed by atoms with van der Waals surface area (Å²) in [5, 5.41) is 12.1. The van der Waals surface area contributed by atoms with Crippen LogP contribution < -0.4 is 5.32 Å². The summed E-state index contributed by atoms with van der Waals surface area (Å²) < 4.78 is 5.40. The van der Waals surface area contributed by atoms with Crippen molar-refractivity contribution in [2.45, 2.75) is 32.4 Å². The van der Waals surface area contributed by atoms with E-state index in [4.69, 9.17) is 9.84 Å². The molecule has 1 fully saturated rings. The monoisotopic (exact) mass is 230 g/mol. The smallest absolute Gasteiger partial charge is 0.322 e. The van der Waals surface area contributed by atoms with Crippen LogP contribution in [0.4, 0.5) is 0 Å². The third kappa shape index (κ3) is 3.73. The van der Waals surface area contributed by atoms with Gasteiger partial charge in [-0.15, -0.1) is 0 Å². The minimum atomic E-state index is -0.775. The maximum absolute atomic E-state index is 11.0. The molecule has 0 amide bonds. The fraction of sp³-hybridized carbons (Fsp3) is 0.909. The highest BCUT2D eigenvalue weighted by Gasteiger charge is 2.26. The third-order valence-corrected chi connectivity index (χ3v) is 2.99. The highest BCUT2D eigenvalue weighted by molar-refractivity contribution is 5.73. The second kappa shape index (κ2) is 6.83. The Bertz CT molecular complexity index is 223. The molecule has 0 aliphatic carbocycles. The molecular weight excluding hydrogens is 208 g/mol. The van der Waals surface area contributed by atoms with Gasteiger partial charge >= 0.3 is 5.97 Å². The van der Waals surface area contributed by atoms with Crippen LogP contribution in [0.5, 0.6) is 0 Å². The Labute approximate surface area is 96.8 Å². The normalized spacial score (nSPS) is 24.2. The number of aliphatic carboxylic acids is 1. The van der Waals surface area contributed by atoms with Crippen LogP contribution in [0.1, 0.15) is 20.3 Å². The Morgan fingerprint density at radius 1 is 1.62 bits per heavy atom. The quantitative estimate of drug-likeness (QED) is 0.680. The van der Waals surface area contributed by atoms with Crippen LogP contribution in [0.3, 0.4) is 0 Å². The molecule has 1 aliphatic heterocycles. The minimum absolute atomic E-state index is 0.356. The summed E-state index contributed by atoms with van der Waals surface area (Å²) in [5.74, 6) is -0.775. The van der Waals surface area contributed by atoms with Gasteiger partial charge in [0.15, 0.2) is 0 Å². The molecule has 0 radical (unpaired) electrons. The summed E-state index contributed by atoms with van der Waals surface area (Å²) in [6.07, 6.45) is 0.998. The zero-order chi connectivity index (χ0) is 12.0. The van der Waals surface area contributed by atoms with E-state index in [1.807, 2.05) is 6.92 Å². The molecule has 2 atom stereocenters. The van der Waals surface area contributed by atoms with Crippen molar-refractivity contribution in [1.29, 1.82) is 0 Å². The van der Waals surface area contributed by atoms with Gasteiger partial charge in [-0.1, -0.05) is 13.8 Å². The molecule has 2 unspecified atom stereocenters. The van der Waals surface area contributed by atoms with Crippen LogP contribution >= 0.6 is 0 Å². The lowest BCUT2D eigenvalue weighted by atomic mass is 10.1. The summed E-state index contributed by atoms with van der Waals surface area (Å²) in [5.41, 5.74) is 0. The van der Waals surface area contributed by atoms with Gasteiger partial charge in [0.2, 0.25) is 0 Å². The van der Waals surface area contributed by atoms with Crippen molar-refractivity contribution in [3.63, 3.8) is 0 Å². The highest BCUT2D eigenvalue weighted by Crippen LogP contribution is 2.10. The van der Waals surface area contributed by atoms with E-state index in [0.717, 1.165) is 19.6 Å². The van der Waals surface area contributed by atoms with E-state index >= 15 is 0 Å². The summed E-state index contributed by atoms with van der Waals surface area (Å²) in [6.45, 7) is 7.52. The predicted octanol–water partition coefficient (Wildman–Crippen LogP) is 0.160. The van der Waals surface area contributed by atoms with Crippen LogP contribution in [-0.4, -0.2) is 60.9 Å². The number of ether oxygens (including phenoxy) is 1. The largest absolute Gasteiger partial charge is 0.480 e. The zero-order valence-corrected chi connectivity index (χ0v) is 10.1. The first-order valence-corrected chi connectivity index (χ1v) is 5.97. The maximum atomic E-state index is 11.0. The number of nitrogens with zero attached hydrogens (tertiary/aromatic N) is 1. The fourth-order valence-electron chi connectivity index (χ4n) is 2.02. The van der Waals surface area contributed by atoms with Gasteiger partial charge in [-0.2, -0.15) is 0 Å². The molecule has 2 N–H and O–H groups in total. The Kier molecular flexibility index (Phi) is 5.73. The number of carboxylic acid groups (broad SMARTS) is 1. The fourth-order valence-corrected chi connectivity index (χ4v) is 2.02. The van der Waals surface area contributed by atoms with Gasteiger partial charge in [0.1, 0.15) is 6.04 Å². The summed E-state index contributed by atoms with van der Waals surface area (Å²) in [6, 6.07) is -0.119. The summed E-state index contributed by atoms with van der Waals surface area (Å²) in [4.78, 5) is 13.3. The van der Waals surface area contributed by atoms with Crippen LogP contribution in [0.25, 0.3) is 0 Å². The Hall–Kier alpha value is -0.650. The molecule has 1 rings (SSSR count). The molecule has 0 aromatic heterocycles. The minimum Gasteiger partial charge on any atom is -0.480 e. The van der Waals surface area contributed by atoms with Crippen molar-refractivity contribution < 1.29 is 14.6 Å². The van der Waals surface area contributed by atoms with E-state index < -0.39 is 12.0 Å². The summed E-state index contributed by atoms with van der Waals surface area (Å²) >= 11 is 0. The van der Waals surface area contributed by atoms with E-state index in [1.165, 1.54) is 0 Å². The van der Waals surface area contributed by atoms with Gasteiger partial charge in [0.25, 0.3) is 0 Å². The van der Waals surface area contributed by atoms with E-state index in [9.17, 15) is 4.79 Å². The van der Waals surface area contributed by atoms with Gasteiger partial charge in [0, 0.05) is 19.1 Å². The van der Waals surface area contributed by atoms with Gasteiger partial charge in [0.05, 0.1) is 13.2 Å². The lowest BCUT2D eigenvalue weighted by molar-refractivity contribution is -0.140. The van der Waals surface area contributed by atoms with E-state index in [0.29, 0.717) is 25.7 Å². The van der Waals surface area contributed by atoms with Gasteiger partial charge in [-0.05, 0) is 13.0 Å². The number of rotatable bonds is 6. The molecule has 1 aliphatic rings. The predicted molar refractivity (Wildman–Crippen MR) is 61.6 cm³/mol. The Balaban J connectivity index is 2.50. The molecular formula is C11H22N2O3. The third-order valence-electron chi connectivity index (χ3n) is 2.99. The average molecular weight is 230 g/mol. The molecule has 16 heavy (non-hydrogen) atoms. The molecule has 1 heterocycles. The van der Waals surface area contributed by atoms with Crippen molar-refractivity contribution in [3.8, 4) is 0 Å². The zero-order valence-electron chi connectivity index (χ0n) is 10.1. The summed E-state index contributed by atoms with van der Waals surface area (Å²) in [7, 11) is 0. The Morgan fingerprint density at radius 3 is 2.94 bits per heavy atom. The van der Waals surface area contributed by atoms with Gasteiger partial charge in [-0.25, -0.2) is 0 Å². The number of nitrogens with one attached hydrogen (secondary N) is 1. The van der Waals surface area contributed by atoms with E-state index in [1.54, 1.807) is 0 Å². The molecule has 0 spiro atoms. The lowest BCUT2D eigenvalue weighted by Crippen LogP contribution is -2.53. The van der Waals surface area contributed by atoms with Crippen molar-refractivity contribution in [2.24, 2.45) is 0 Å². The number of likely N-dealkylation sites (N-methyl/N-ethyl adjacent to an activating group) is 1. The van der Waals surface area contributed by atoms with E-state index in [-0.39, 0.29) is 0 Å². The molecule has 0 bridgehead atoms. The molecule has 94 valence electrons. The van der Waals surface area contributed by atoms with Crippen LogP contribution in [-0.2, 0) is 9.53 Å². The van der Waals surface area contributed by atoms with Crippen molar-refractivity contribution >= 4 is 5.97 Å². The van der Waals surface area contributed by atoms with Gasteiger partial charge < -0.3 is 15.2 Å². The van der Waals surface area contributed by atoms with E-state index in [2.05, 4.69) is 17.1 Å². The Morgan fingerprint density at radius 2 is 2.38 bits per heavy atom. The van der Waals surface area contributed by atoms with Crippen LogP contribution in [0, 0.1) is 0 Å². The first-order chi connectivity index (χ1) is 7.69. The topological polar surface area (TPSA) is 61.8 Å². The molecule has 5 heteroatoms. The maximum Gasteiger partial charge on any atom is 0.322 e. The van der Waals surface area contributed by atoms with Crippen molar-refractivity contribution in [2.75, 3.05) is 32.8 Å². The highest BCUT2D eigenvalue weighted by atomic mass is 16.5. The first-order valence-electron chi connectivity index (χ1n) is 5.97. The standard InChI is InChI=1S/C11H22N2O3/c1-3-9-8-16-6-5-13(9)7-10(11(14)15)12-4-2/h9-10,12H,3-8H2,1-2H3,(H,14,15).